The summed E-state index contributed by atoms with van der Waals surface area (Å²) < 4.78 is 12.6. The van der Waals surface area contributed by atoms with Crippen molar-refractivity contribution in [3.8, 4) is 0 Å². The highest BCUT2D eigenvalue weighted by atomic mass is 19.1. The van der Waals surface area contributed by atoms with Gasteiger partial charge < -0.3 is 10.6 Å². The van der Waals surface area contributed by atoms with Gasteiger partial charge in [-0.3, -0.25) is 0 Å². The van der Waals surface area contributed by atoms with Crippen LogP contribution >= 0.6 is 0 Å². The van der Waals surface area contributed by atoms with Gasteiger partial charge >= 0.3 is 0 Å². The lowest BCUT2D eigenvalue weighted by Crippen LogP contribution is -2.34. The Kier molecular flexibility index (Phi) is 8.35. The average Bonchev–Trinajstić information content (AvgIpc) is 2.56. The molecule has 0 saturated carbocycles. The summed E-state index contributed by atoms with van der Waals surface area (Å²) in [5.41, 5.74) is 0. The summed E-state index contributed by atoms with van der Waals surface area (Å²) in [4.78, 5) is 0. The van der Waals surface area contributed by atoms with E-state index in [0.717, 1.165) is 19.5 Å². The first-order chi connectivity index (χ1) is 6.33. The van der Waals surface area contributed by atoms with Gasteiger partial charge in [-0.15, -0.1) is 0 Å². The molecule has 2 N–H and O–H groups in total. The Hall–Kier alpha value is -0.150. The van der Waals surface area contributed by atoms with E-state index >= 15 is 0 Å². The summed E-state index contributed by atoms with van der Waals surface area (Å²) >= 11 is 0. The second-order valence-electron chi connectivity index (χ2n) is 3.14. The molecule has 3 heteroatoms. The molecule has 0 aromatic rings. The summed E-state index contributed by atoms with van der Waals surface area (Å²) in [7, 11) is 0. The van der Waals surface area contributed by atoms with Gasteiger partial charge in [-0.05, 0) is 19.4 Å². The average molecular weight is 190 g/mol. The monoisotopic (exact) mass is 190 g/mol. The zero-order valence-electron chi connectivity index (χ0n) is 9.07. The van der Waals surface area contributed by atoms with Crippen molar-refractivity contribution < 1.29 is 4.39 Å². The van der Waals surface area contributed by atoms with Gasteiger partial charge in [0, 0.05) is 19.1 Å². The molecular formula is C10H23FN2. The van der Waals surface area contributed by atoms with Crippen molar-refractivity contribution in [1.29, 1.82) is 0 Å². The van der Waals surface area contributed by atoms with E-state index in [9.17, 15) is 4.39 Å². The fraction of sp³-hybridized carbons (Fsp3) is 1.00. The van der Waals surface area contributed by atoms with Gasteiger partial charge in [-0.25, -0.2) is 4.39 Å². The van der Waals surface area contributed by atoms with Gasteiger partial charge in [0.1, 0.15) is 6.17 Å². The fourth-order valence-electron chi connectivity index (χ4n) is 1.38. The van der Waals surface area contributed by atoms with Gasteiger partial charge in [-0.1, -0.05) is 20.8 Å². The maximum Gasteiger partial charge on any atom is 0.114 e. The topological polar surface area (TPSA) is 24.1 Å². The predicted octanol–water partition coefficient (Wildman–Crippen LogP) is 1.71. The van der Waals surface area contributed by atoms with Crippen LogP contribution in [0.25, 0.3) is 0 Å². The van der Waals surface area contributed by atoms with Gasteiger partial charge in [0.25, 0.3) is 0 Å². The van der Waals surface area contributed by atoms with Crippen molar-refractivity contribution in [3.63, 3.8) is 0 Å². The number of hydrogen-bond acceptors (Lipinski definition) is 2. The molecular weight excluding hydrogens is 167 g/mol. The van der Waals surface area contributed by atoms with Crippen LogP contribution in [-0.4, -0.2) is 31.8 Å². The van der Waals surface area contributed by atoms with Crippen LogP contribution in [0.5, 0.6) is 0 Å². The molecule has 1 aliphatic heterocycles. The van der Waals surface area contributed by atoms with Crippen molar-refractivity contribution >= 4 is 0 Å². The van der Waals surface area contributed by atoms with Crippen LogP contribution < -0.4 is 10.6 Å². The molecule has 0 amide bonds. The lowest BCUT2D eigenvalue weighted by Gasteiger charge is -2.09. The van der Waals surface area contributed by atoms with Gasteiger partial charge in [0.15, 0.2) is 0 Å². The molecule has 1 rings (SSSR count). The van der Waals surface area contributed by atoms with Crippen LogP contribution in [-0.2, 0) is 0 Å². The highest BCUT2D eigenvalue weighted by Gasteiger charge is 2.22. The predicted molar refractivity (Wildman–Crippen MR) is 55.8 cm³/mol. The van der Waals surface area contributed by atoms with Crippen molar-refractivity contribution in [1.82, 2.24) is 10.6 Å². The van der Waals surface area contributed by atoms with Crippen LogP contribution in [0.3, 0.4) is 0 Å². The van der Waals surface area contributed by atoms with Crippen LogP contribution in [0.1, 0.15) is 33.6 Å². The number of alkyl halides is 1. The quantitative estimate of drug-likeness (QED) is 0.659. The smallest absolute Gasteiger partial charge is 0.114 e. The first-order valence-electron chi connectivity index (χ1n) is 5.41. The SMILES string of the molecule is CC.CCCNCC1CC(F)CN1. The molecule has 80 valence electrons. The van der Waals surface area contributed by atoms with Gasteiger partial charge in [0.2, 0.25) is 0 Å². The Morgan fingerprint density at radius 1 is 1.46 bits per heavy atom. The summed E-state index contributed by atoms with van der Waals surface area (Å²) in [6.45, 7) is 8.62. The lowest BCUT2D eigenvalue weighted by molar-refractivity contribution is 0.354. The van der Waals surface area contributed by atoms with Crippen molar-refractivity contribution in [2.24, 2.45) is 0 Å². The van der Waals surface area contributed by atoms with Crippen LogP contribution in [0.4, 0.5) is 4.39 Å². The van der Waals surface area contributed by atoms with Crippen LogP contribution in [0, 0.1) is 0 Å². The highest BCUT2D eigenvalue weighted by molar-refractivity contribution is 4.82. The van der Waals surface area contributed by atoms with E-state index in [-0.39, 0.29) is 0 Å². The van der Waals surface area contributed by atoms with E-state index in [4.69, 9.17) is 0 Å². The molecule has 2 atom stereocenters. The van der Waals surface area contributed by atoms with Crippen molar-refractivity contribution in [3.05, 3.63) is 0 Å². The summed E-state index contributed by atoms with van der Waals surface area (Å²) in [5.74, 6) is 0. The second kappa shape index (κ2) is 8.45. The van der Waals surface area contributed by atoms with E-state index in [1.54, 1.807) is 0 Å². The highest BCUT2D eigenvalue weighted by Crippen LogP contribution is 2.08. The molecule has 2 unspecified atom stereocenters. The Labute approximate surface area is 81.3 Å². The Balaban J connectivity index is 0.000000671. The molecule has 1 saturated heterocycles. The zero-order valence-corrected chi connectivity index (χ0v) is 9.07. The first kappa shape index (κ1) is 12.8. The van der Waals surface area contributed by atoms with Crippen LogP contribution in [0.2, 0.25) is 0 Å². The minimum atomic E-state index is -0.622. The lowest BCUT2D eigenvalue weighted by atomic mass is 10.2. The Morgan fingerprint density at radius 2 is 2.15 bits per heavy atom. The van der Waals surface area contributed by atoms with Crippen molar-refractivity contribution in [2.75, 3.05) is 19.6 Å². The molecule has 2 nitrogen and oxygen atoms in total. The summed E-state index contributed by atoms with van der Waals surface area (Å²) in [5, 5.41) is 6.40. The zero-order chi connectivity index (χ0) is 10.1. The number of rotatable bonds is 4. The maximum atomic E-state index is 12.6. The molecule has 1 aliphatic rings. The maximum absolute atomic E-state index is 12.6. The molecule has 0 bridgehead atoms. The fourth-order valence-corrected chi connectivity index (χ4v) is 1.38. The largest absolute Gasteiger partial charge is 0.315 e. The van der Waals surface area contributed by atoms with Gasteiger partial charge in [0.05, 0.1) is 0 Å². The van der Waals surface area contributed by atoms with Crippen LogP contribution in [0.15, 0.2) is 0 Å². The van der Waals surface area contributed by atoms with E-state index in [0.29, 0.717) is 19.0 Å². The minimum Gasteiger partial charge on any atom is -0.315 e. The number of hydrogen-bond donors (Lipinski definition) is 2. The third-order valence-electron chi connectivity index (χ3n) is 1.99. The standard InChI is InChI=1S/C8H17FN2.C2H6/c1-2-3-10-6-8-4-7(9)5-11-8;1-2/h7-8,10-11H,2-6H2,1H3;1-2H3. The minimum absolute atomic E-state index is 0.358. The van der Waals surface area contributed by atoms with E-state index in [2.05, 4.69) is 17.6 Å². The first-order valence-corrected chi connectivity index (χ1v) is 5.41. The van der Waals surface area contributed by atoms with E-state index in [1.807, 2.05) is 13.8 Å². The van der Waals surface area contributed by atoms with E-state index < -0.39 is 6.17 Å². The Morgan fingerprint density at radius 3 is 2.62 bits per heavy atom. The van der Waals surface area contributed by atoms with Crippen molar-refractivity contribution in [2.45, 2.75) is 45.8 Å². The van der Waals surface area contributed by atoms with E-state index in [1.165, 1.54) is 0 Å². The second-order valence-corrected chi connectivity index (χ2v) is 3.14. The molecule has 0 aliphatic carbocycles. The summed E-state index contributed by atoms with van der Waals surface area (Å²) in [6.07, 6.45) is 1.20. The molecule has 1 heterocycles. The number of halogens is 1. The third-order valence-corrected chi connectivity index (χ3v) is 1.99. The third kappa shape index (κ3) is 5.99. The van der Waals surface area contributed by atoms with Gasteiger partial charge in [-0.2, -0.15) is 0 Å². The molecule has 13 heavy (non-hydrogen) atoms. The normalized spacial score (nSPS) is 26.8. The molecule has 0 aromatic heterocycles. The molecule has 0 spiro atoms. The molecule has 0 radical (unpaired) electrons. The molecule has 1 fully saturated rings. The summed E-state index contributed by atoms with van der Waals surface area (Å²) in [6, 6.07) is 0.358. The Bertz CT molecular complexity index is 109. The number of nitrogens with one attached hydrogen (secondary N) is 2. The molecule has 0 aromatic carbocycles.